The second-order valence-electron chi connectivity index (χ2n) is 7.64. The Hall–Kier alpha value is -0.770. The molecule has 0 atom stereocenters. The van der Waals surface area contributed by atoms with Crippen molar-refractivity contribution < 1.29 is 4.79 Å². The lowest BCUT2D eigenvalue weighted by atomic mass is 9.72. The van der Waals surface area contributed by atoms with Crippen LogP contribution < -0.4 is 0 Å². The molecule has 0 aromatic heterocycles. The van der Waals surface area contributed by atoms with E-state index < -0.39 is 0 Å². The molecule has 2 amide bonds. The molecule has 2 heterocycles. The van der Waals surface area contributed by atoms with Crippen molar-refractivity contribution in [1.29, 1.82) is 0 Å². The number of rotatable bonds is 2. The van der Waals surface area contributed by atoms with Crippen molar-refractivity contribution in [3.05, 3.63) is 0 Å². The van der Waals surface area contributed by atoms with Gasteiger partial charge in [-0.25, -0.2) is 4.79 Å². The van der Waals surface area contributed by atoms with Crippen molar-refractivity contribution in [3.8, 4) is 0 Å². The SMILES string of the molecule is CC(C)N1CCC2(CCCN(C(=O)N(C)C(C)C)C2)CC1. The number of piperidine rings is 2. The van der Waals surface area contributed by atoms with Crippen LogP contribution in [0.5, 0.6) is 0 Å². The monoisotopic (exact) mass is 295 g/mol. The zero-order valence-electron chi connectivity index (χ0n) is 14.6. The van der Waals surface area contributed by atoms with Gasteiger partial charge in [-0.1, -0.05) is 0 Å². The summed E-state index contributed by atoms with van der Waals surface area (Å²) in [5.74, 6) is 0. The third-order valence-electron chi connectivity index (χ3n) is 5.60. The topological polar surface area (TPSA) is 26.8 Å². The Morgan fingerprint density at radius 3 is 2.19 bits per heavy atom. The smallest absolute Gasteiger partial charge is 0.319 e. The summed E-state index contributed by atoms with van der Waals surface area (Å²) in [5.41, 5.74) is 0.386. The van der Waals surface area contributed by atoms with Crippen LogP contribution >= 0.6 is 0 Å². The van der Waals surface area contributed by atoms with Crippen LogP contribution in [-0.2, 0) is 0 Å². The molecule has 1 spiro atoms. The molecule has 2 aliphatic heterocycles. The van der Waals surface area contributed by atoms with Gasteiger partial charge in [-0.15, -0.1) is 0 Å². The maximum Gasteiger partial charge on any atom is 0.319 e. The van der Waals surface area contributed by atoms with E-state index in [2.05, 4.69) is 37.5 Å². The fraction of sp³-hybridized carbons (Fsp3) is 0.941. The Balaban J connectivity index is 1.96. The molecule has 122 valence electrons. The fourth-order valence-electron chi connectivity index (χ4n) is 3.74. The van der Waals surface area contributed by atoms with Crippen LogP contribution in [0.25, 0.3) is 0 Å². The first-order valence-electron chi connectivity index (χ1n) is 8.60. The van der Waals surface area contributed by atoms with Gasteiger partial charge in [0.25, 0.3) is 0 Å². The first-order valence-corrected chi connectivity index (χ1v) is 8.60. The molecule has 2 rings (SSSR count). The van der Waals surface area contributed by atoms with Crippen LogP contribution in [0.1, 0.15) is 53.4 Å². The van der Waals surface area contributed by atoms with Crippen molar-refractivity contribution in [2.24, 2.45) is 5.41 Å². The van der Waals surface area contributed by atoms with Crippen molar-refractivity contribution in [2.75, 3.05) is 33.2 Å². The molecule has 0 unspecified atom stereocenters. The van der Waals surface area contributed by atoms with Crippen LogP contribution in [0.3, 0.4) is 0 Å². The van der Waals surface area contributed by atoms with E-state index in [1.54, 1.807) is 0 Å². The van der Waals surface area contributed by atoms with Gasteiger partial charge >= 0.3 is 6.03 Å². The van der Waals surface area contributed by atoms with Crippen LogP contribution in [0.15, 0.2) is 0 Å². The summed E-state index contributed by atoms with van der Waals surface area (Å²) in [6.07, 6.45) is 4.97. The van der Waals surface area contributed by atoms with Gasteiger partial charge in [0.2, 0.25) is 0 Å². The lowest BCUT2D eigenvalue weighted by Gasteiger charge is -2.49. The van der Waals surface area contributed by atoms with Gasteiger partial charge < -0.3 is 14.7 Å². The minimum absolute atomic E-state index is 0.218. The van der Waals surface area contributed by atoms with E-state index in [4.69, 9.17) is 0 Å². The Labute approximate surface area is 130 Å². The minimum Gasteiger partial charge on any atom is -0.325 e. The highest BCUT2D eigenvalue weighted by Crippen LogP contribution is 2.40. The maximum atomic E-state index is 12.6. The van der Waals surface area contributed by atoms with E-state index in [0.29, 0.717) is 11.5 Å². The van der Waals surface area contributed by atoms with Gasteiger partial charge in [0.1, 0.15) is 0 Å². The molecule has 0 aliphatic carbocycles. The Kier molecular flexibility index (Phi) is 5.18. The molecular weight excluding hydrogens is 262 g/mol. The number of hydrogen-bond acceptors (Lipinski definition) is 2. The number of likely N-dealkylation sites (tertiary alicyclic amines) is 2. The van der Waals surface area contributed by atoms with Gasteiger partial charge in [0, 0.05) is 32.2 Å². The zero-order chi connectivity index (χ0) is 15.6. The lowest BCUT2D eigenvalue weighted by molar-refractivity contribution is 0.0214. The largest absolute Gasteiger partial charge is 0.325 e. The maximum absolute atomic E-state index is 12.6. The molecule has 4 nitrogen and oxygen atoms in total. The Bertz CT molecular complexity index is 359. The number of hydrogen-bond donors (Lipinski definition) is 0. The van der Waals surface area contributed by atoms with Crippen molar-refractivity contribution >= 4 is 6.03 Å². The van der Waals surface area contributed by atoms with Crippen molar-refractivity contribution in [2.45, 2.75) is 65.5 Å². The van der Waals surface area contributed by atoms with Crippen molar-refractivity contribution in [1.82, 2.24) is 14.7 Å². The number of nitrogens with zero attached hydrogens (tertiary/aromatic N) is 3. The highest BCUT2D eigenvalue weighted by molar-refractivity contribution is 5.74. The highest BCUT2D eigenvalue weighted by atomic mass is 16.2. The quantitative estimate of drug-likeness (QED) is 0.783. The molecule has 0 aromatic carbocycles. The van der Waals surface area contributed by atoms with E-state index in [1.807, 2.05) is 11.9 Å². The molecule has 0 saturated carbocycles. The molecule has 0 aromatic rings. The van der Waals surface area contributed by atoms with Gasteiger partial charge in [0.05, 0.1) is 0 Å². The Morgan fingerprint density at radius 2 is 1.67 bits per heavy atom. The Morgan fingerprint density at radius 1 is 1.05 bits per heavy atom. The fourth-order valence-corrected chi connectivity index (χ4v) is 3.74. The number of urea groups is 1. The van der Waals surface area contributed by atoms with Gasteiger partial charge in [-0.05, 0) is 71.9 Å². The number of carbonyl (C=O) groups excluding carboxylic acids is 1. The molecule has 21 heavy (non-hydrogen) atoms. The average Bonchev–Trinajstić information content (AvgIpc) is 2.46. The summed E-state index contributed by atoms with van der Waals surface area (Å²) < 4.78 is 0. The highest BCUT2D eigenvalue weighted by Gasteiger charge is 2.40. The first kappa shape index (κ1) is 16.6. The normalized spacial score (nSPS) is 23.1. The standard InChI is InChI=1S/C17H33N3O/c1-14(2)18(5)16(21)20-10-6-7-17(13-20)8-11-19(12-9-17)15(3)4/h14-15H,6-13H2,1-5H3. The predicted molar refractivity (Wildman–Crippen MR) is 87.5 cm³/mol. The molecule has 2 aliphatic rings. The molecule has 0 radical (unpaired) electrons. The van der Waals surface area contributed by atoms with Crippen LogP contribution in [0.2, 0.25) is 0 Å². The average molecular weight is 295 g/mol. The summed E-state index contributed by atoms with van der Waals surface area (Å²) in [4.78, 5) is 19.1. The summed E-state index contributed by atoms with van der Waals surface area (Å²) in [7, 11) is 1.93. The van der Waals surface area contributed by atoms with Crippen LogP contribution in [0, 0.1) is 5.41 Å². The molecule has 2 fully saturated rings. The number of amides is 2. The van der Waals surface area contributed by atoms with E-state index in [9.17, 15) is 4.79 Å². The molecule has 0 bridgehead atoms. The zero-order valence-corrected chi connectivity index (χ0v) is 14.6. The summed E-state index contributed by atoms with van der Waals surface area (Å²) in [5, 5.41) is 0. The van der Waals surface area contributed by atoms with Gasteiger partial charge in [-0.3, -0.25) is 0 Å². The summed E-state index contributed by atoms with van der Waals surface area (Å²) >= 11 is 0. The van der Waals surface area contributed by atoms with Gasteiger partial charge in [-0.2, -0.15) is 0 Å². The molecule has 0 N–H and O–H groups in total. The van der Waals surface area contributed by atoms with E-state index in [0.717, 1.165) is 13.1 Å². The molecule has 2 saturated heterocycles. The first-order chi connectivity index (χ1) is 9.84. The third kappa shape index (κ3) is 3.71. The predicted octanol–water partition coefficient (Wildman–Crippen LogP) is 3.03. The third-order valence-corrected chi connectivity index (χ3v) is 5.60. The molecular formula is C17H33N3O. The number of carbonyl (C=O) groups is 1. The summed E-state index contributed by atoms with van der Waals surface area (Å²) in [6.45, 7) is 13.0. The lowest BCUT2D eigenvalue weighted by Crippen LogP contribution is -2.54. The van der Waals surface area contributed by atoms with Gasteiger partial charge in [0.15, 0.2) is 0 Å². The van der Waals surface area contributed by atoms with Crippen LogP contribution in [-0.4, -0.2) is 66.0 Å². The second-order valence-corrected chi connectivity index (χ2v) is 7.64. The minimum atomic E-state index is 0.218. The summed E-state index contributed by atoms with van der Waals surface area (Å²) in [6, 6.07) is 1.14. The second kappa shape index (κ2) is 6.55. The van der Waals surface area contributed by atoms with Crippen molar-refractivity contribution in [3.63, 3.8) is 0 Å². The molecule has 4 heteroatoms. The van der Waals surface area contributed by atoms with Crippen LogP contribution in [0.4, 0.5) is 4.79 Å². The van der Waals surface area contributed by atoms with E-state index in [-0.39, 0.29) is 12.1 Å². The van der Waals surface area contributed by atoms with E-state index >= 15 is 0 Å². The van der Waals surface area contributed by atoms with E-state index in [1.165, 1.54) is 38.8 Å².